The number of hydrogen-bond donors (Lipinski definition) is 2. The average molecular weight is 369 g/mol. The highest BCUT2D eigenvalue weighted by Gasteiger charge is 2.11. The van der Waals surface area contributed by atoms with Crippen LogP contribution in [0.15, 0.2) is 42.5 Å². The summed E-state index contributed by atoms with van der Waals surface area (Å²) in [7, 11) is 1.54. The number of aryl methyl sites for hydroxylation is 1. The molecule has 6 nitrogen and oxygen atoms in total. The van der Waals surface area contributed by atoms with Crippen LogP contribution < -0.4 is 20.3 Å². The van der Waals surface area contributed by atoms with Crippen LogP contribution in [0.3, 0.4) is 0 Å². The monoisotopic (exact) mass is 369 g/mol. The molecule has 0 aliphatic rings. The zero-order valence-electron chi connectivity index (χ0n) is 16.3. The number of anilines is 2. The fourth-order valence-electron chi connectivity index (χ4n) is 2.79. The number of nitrogens with zero attached hydrogens (tertiary/aromatic N) is 1. The van der Waals surface area contributed by atoms with E-state index in [0.717, 1.165) is 30.0 Å². The molecule has 2 aromatic rings. The molecule has 0 saturated heterocycles. The zero-order chi connectivity index (χ0) is 19.8. The molecule has 0 aliphatic carbocycles. The molecule has 0 saturated carbocycles. The normalized spacial score (nSPS) is 10.2. The first-order valence-corrected chi connectivity index (χ1v) is 9.06. The van der Waals surface area contributed by atoms with E-state index >= 15 is 0 Å². The first-order valence-electron chi connectivity index (χ1n) is 9.06. The maximum Gasteiger partial charge on any atom is 0.251 e. The summed E-state index contributed by atoms with van der Waals surface area (Å²) in [5.41, 5.74) is 3.29. The quantitative estimate of drug-likeness (QED) is 0.750. The van der Waals surface area contributed by atoms with Gasteiger partial charge in [0, 0.05) is 30.0 Å². The number of ether oxygens (including phenoxy) is 1. The molecule has 6 heteroatoms. The van der Waals surface area contributed by atoms with Gasteiger partial charge in [0.15, 0.2) is 0 Å². The Hall–Kier alpha value is -3.02. The summed E-state index contributed by atoms with van der Waals surface area (Å²) in [6, 6.07) is 12.7. The number of rotatable bonds is 8. The van der Waals surface area contributed by atoms with Crippen LogP contribution >= 0.6 is 0 Å². The van der Waals surface area contributed by atoms with Crippen LogP contribution in [0, 0.1) is 6.92 Å². The zero-order valence-corrected chi connectivity index (χ0v) is 16.3. The molecule has 0 aliphatic heterocycles. The van der Waals surface area contributed by atoms with Gasteiger partial charge in [-0.2, -0.15) is 0 Å². The smallest absolute Gasteiger partial charge is 0.251 e. The first kappa shape index (κ1) is 20.3. The van der Waals surface area contributed by atoms with Gasteiger partial charge < -0.3 is 20.3 Å². The highest BCUT2D eigenvalue weighted by Crippen LogP contribution is 2.22. The van der Waals surface area contributed by atoms with E-state index in [1.807, 2.05) is 19.1 Å². The van der Waals surface area contributed by atoms with Crippen molar-refractivity contribution in [2.45, 2.75) is 20.8 Å². The Labute approximate surface area is 160 Å². The molecule has 144 valence electrons. The summed E-state index contributed by atoms with van der Waals surface area (Å²) in [5.74, 6) is -0.00129. The molecule has 2 N–H and O–H groups in total. The van der Waals surface area contributed by atoms with Gasteiger partial charge in [0.2, 0.25) is 5.91 Å². The summed E-state index contributed by atoms with van der Waals surface area (Å²) in [6.45, 7) is 7.93. The van der Waals surface area contributed by atoms with Gasteiger partial charge in [-0.25, -0.2) is 0 Å². The molecule has 27 heavy (non-hydrogen) atoms. The third-order valence-corrected chi connectivity index (χ3v) is 4.35. The van der Waals surface area contributed by atoms with Gasteiger partial charge in [-0.1, -0.05) is 6.07 Å². The summed E-state index contributed by atoms with van der Waals surface area (Å²) in [4.78, 5) is 26.6. The van der Waals surface area contributed by atoms with Gasteiger partial charge in [0.1, 0.15) is 5.75 Å². The number of benzene rings is 2. The van der Waals surface area contributed by atoms with Crippen molar-refractivity contribution >= 4 is 23.2 Å². The SMILES string of the molecule is CCN(CC)c1ccc(NC(=O)CNC(=O)c2cccc(OC)c2)c(C)c1. The molecule has 0 fully saturated rings. The fraction of sp³-hybridized carbons (Fsp3) is 0.333. The van der Waals surface area contributed by atoms with Crippen LogP contribution in [0.1, 0.15) is 29.8 Å². The number of nitrogens with one attached hydrogen (secondary N) is 2. The summed E-state index contributed by atoms with van der Waals surface area (Å²) in [5, 5.41) is 5.47. The third kappa shape index (κ3) is 5.48. The van der Waals surface area contributed by atoms with Crippen molar-refractivity contribution in [1.82, 2.24) is 5.32 Å². The lowest BCUT2D eigenvalue weighted by molar-refractivity contribution is -0.115. The van der Waals surface area contributed by atoms with Crippen LogP contribution in [0.25, 0.3) is 0 Å². The van der Waals surface area contributed by atoms with Gasteiger partial charge in [-0.3, -0.25) is 9.59 Å². The topological polar surface area (TPSA) is 70.7 Å². The summed E-state index contributed by atoms with van der Waals surface area (Å²) < 4.78 is 5.10. The number of carbonyl (C=O) groups excluding carboxylic acids is 2. The Morgan fingerprint density at radius 1 is 1.07 bits per heavy atom. The van der Waals surface area contributed by atoms with Gasteiger partial charge in [0.25, 0.3) is 5.91 Å². The van der Waals surface area contributed by atoms with Gasteiger partial charge >= 0.3 is 0 Å². The Balaban J connectivity index is 1.94. The van der Waals surface area contributed by atoms with Crippen molar-refractivity contribution < 1.29 is 14.3 Å². The third-order valence-electron chi connectivity index (χ3n) is 4.35. The van der Waals surface area contributed by atoms with Gasteiger partial charge in [-0.05, 0) is 62.7 Å². The minimum Gasteiger partial charge on any atom is -0.497 e. The van der Waals surface area contributed by atoms with Crippen LogP contribution in [0.2, 0.25) is 0 Å². The van der Waals surface area contributed by atoms with E-state index < -0.39 is 0 Å². The standard InChI is InChI=1S/C21H27N3O3/c1-5-24(6-2)17-10-11-19(15(3)12-17)23-20(25)14-22-21(26)16-8-7-9-18(13-16)27-4/h7-13H,5-6,14H2,1-4H3,(H,22,26)(H,23,25). The van der Waals surface area contributed by atoms with Gasteiger partial charge in [0.05, 0.1) is 13.7 Å². The lowest BCUT2D eigenvalue weighted by atomic mass is 10.1. The molecule has 2 amide bonds. The van der Waals surface area contributed by atoms with Crippen molar-refractivity contribution in [3.63, 3.8) is 0 Å². The number of amides is 2. The Bertz CT molecular complexity index is 801. The van der Waals surface area contributed by atoms with E-state index in [9.17, 15) is 9.59 Å². The number of methoxy groups -OCH3 is 1. The predicted molar refractivity (Wildman–Crippen MR) is 109 cm³/mol. The van der Waals surface area contributed by atoms with E-state index in [1.54, 1.807) is 24.3 Å². The molecular weight excluding hydrogens is 342 g/mol. The van der Waals surface area contributed by atoms with Crippen LogP contribution in [-0.2, 0) is 4.79 Å². The number of hydrogen-bond acceptors (Lipinski definition) is 4. The molecular formula is C21H27N3O3. The lowest BCUT2D eigenvalue weighted by Crippen LogP contribution is -2.33. The van der Waals surface area contributed by atoms with Crippen molar-refractivity contribution in [3.05, 3.63) is 53.6 Å². The van der Waals surface area contributed by atoms with Crippen LogP contribution in [-0.4, -0.2) is 38.6 Å². The average Bonchev–Trinajstić information content (AvgIpc) is 2.69. The van der Waals surface area contributed by atoms with Crippen molar-refractivity contribution in [2.24, 2.45) is 0 Å². The van der Waals surface area contributed by atoms with Crippen molar-refractivity contribution in [2.75, 3.05) is 37.0 Å². The van der Waals surface area contributed by atoms with E-state index in [2.05, 4.69) is 35.4 Å². The molecule has 0 atom stereocenters. The summed E-state index contributed by atoms with van der Waals surface area (Å²) >= 11 is 0. The van der Waals surface area contributed by atoms with Crippen molar-refractivity contribution in [3.8, 4) is 5.75 Å². The number of carbonyl (C=O) groups is 2. The predicted octanol–water partition coefficient (Wildman–Crippen LogP) is 3.22. The minimum atomic E-state index is -0.322. The maximum absolute atomic E-state index is 12.2. The van der Waals surface area contributed by atoms with Crippen LogP contribution in [0.5, 0.6) is 5.75 Å². The highest BCUT2D eigenvalue weighted by molar-refractivity contribution is 5.99. The fourth-order valence-corrected chi connectivity index (χ4v) is 2.79. The lowest BCUT2D eigenvalue weighted by Gasteiger charge is -2.22. The molecule has 2 rings (SSSR count). The van der Waals surface area contributed by atoms with Crippen molar-refractivity contribution in [1.29, 1.82) is 0 Å². The second kappa shape index (κ2) is 9.62. The Morgan fingerprint density at radius 2 is 1.81 bits per heavy atom. The minimum absolute atomic E-state index is 0.104. The molecule has 0 aromatic heterocycles. The maximum atomic E-state index is 12.2. The van der Waals surface area contributed by atoms with E-state index in [0.29, 0.717) is 11.3 Å². The molecule has 0 heterocycles. The largest absolute Gasteiger partial charge is 0.497 e. The second-order valence-corrected chi connectivity index (χ2v) is 6.13. The molecule has 0 radical (unpaired) electrons. The Kier molecular flexibility index (Phi) is 7.23. The highest BCUT2D eigenvalue weighted by atomic mass is 16.5. The van der Waals surface area contributed by atoms with Gasteiger partial charge in [-0.15, -0.1) is 0 Å². The molecule has 0 bridgehead atoms. The van der Waals surface area contributed by atoms with E-state index in [-0.39, 0.29) is 18.4 Å². The van der Waals surface area contributed by atoms with E-state index in [4.69, 9.17) is 4.74 Å². The van der Waals surface area contributed by atoms with E-state index in [1.165, 1.54) is 7.11 Å². The molecule has 0 spiro atoms. The molecule has 0 unspecified atom stereocenters. The van der Waals surface area contributed by atoms with Crippen LogP contribution in [0.4, 0.5) is 11.4 Å². The first-order chi connectivity index (χ1) is 13.0. The summed E-state index contributed by atoms with van der Waals surface area (Å²) in [6.07, 6.45) is 0. The Morgan fingerprint density at radius 3 is 2.44 bits per heavy atom. The molecule has 2 aromatic carbocycles. The second-order valence-electron chi connectivity index (χ2n) is 6.13.